The van der Waals surface area contributed by atoms with Crippen molar-refractivity contribution in [2.24, 2.45) is 0 Å². The maximum absolute atomic E-state index is 15.1. The number of carbonyl (C=O) groups excluding carboxylic acids is 12. The third-order valence-corrected chi connectivity index (χ3v) is 21.9. The van der Waals surface area contributed by atoms with Gasteiger partial charge in [0.05, 0.1) is 24.4 Å². The van der Waals surface area contributed by atoms with Gasteiger partial charge in [-0.3, -0.25) is 82.0 Å². The number of aromatic hydroxyl groups is 2. The van der Waals surface area contributed by atoms with Crippen LogP contribution in [0.2, 0.25) is 0 Å². The van der Waals surface area contributed by atoms with Crippen molar-refractivity contribution in [3.8, 4) is 11.5 Å². The van der Waals surface area contributed by atoms with Crippen LogP contribution < -0.4 is 63.8 Å². The molecule has 0 saturated heterocycles. The van der Waals surface area contributed by atoms with Gasteiger partial charge in [0.1, 0.15) is 54.1 Å². The molecule has 0 fully saturated rings. The second-order valence-electron chi connectivity index (χ2n) is 33.0. The number of unbranched alkanes of at least 4 members (excludes halogenated alkanes) is 22. The molecule has 4 aromatic rings. The Kier molecular flexibility index (Phi) is 55.0. The fourth-order valence-corrected chi connectivity index (χ4v) is 14.5. The standard InChI is InChI=1S/C94H137N13O24/c1-3-5-7-9-11-13-15-17-19-21-29-41-79(110)95-55-33-31-39-69(99-80(111)42-30-22-20-18-16-14-12-10-8-6-4-2)89(123)105-75(57-64-35-25-23-26-36-64)93(127)106-76(58-65-37-27-24-28-38-65)92(126)104-74(59-66-43-46-68(108)47-44-66)88(122)98-62-82(113)100-71(49-53-85(117)118)90(124)103-72(50-54-86(119)120)91(125)102-70(48-52-84(115)116)87(121)97-63-83(114)101-73(94(128)129)40-32-34-56-96-81(112)61-67-45-51-78(109)77(60-67)107(130)131/h23-28,35-38,43-47,51,60,69-76,108-109H,3-22,29-34,39-42,48-50,52-59,61-63H2,1-2H3,(H,95,110)(H,96,112)(H,97,121)(H,98,122)(H,99,111)(H,100,113)(H,101,114)(H,102,125)(H,103,124)(H,104,126)(H,105,123)(H,106,127)(H,115,116)(H,117,118)(H,119,120)(H,128,129)/t69-,70-,71-,72-,73-,74-,75-,76-/m0/s1. The van der Waals surface area contributed by atoms with E-state index in [1.807, 2.05) is 0 Å². The summed E-state index contributed by atoms with van der Waals surface area (Å²) >= 11 is 0. The second-order valence-corrected chi connectivity index (χ2v) is 33.0. The van der Waals surface area contributed by atoms with E-state index in [1.165, 1.54) is 107 Å². The minimum atomic E-state index is -1.94. The maximum atomic E-state index is 15.1. The van der Waals surface area contributed by atoms with E-state index in [4.69, 9.17) is 0 Å². The summed E-state index contributed by atoms with van der Waals surface area (Å²) in [6, 6.07) is 13.2. The molecule has 722 valence electrons. The average molecular weight is 1830 g/mol. The van der Waals surface area contributed by atoms with Crippen LogP contribution in [0.5, 0.6) is 11.5 Å². The SMILES string of the molecule is CCCCCCCCCCCCCC(=O)NCCCC[C@H](NC(=O)CCCCCCCCCCCCC)C(=O)N[C@@H](Cc1ccccc1)C(=O)N[C@@H](Cc1ccccc1)C(=O)N[C@@H](Cc1ccc(O)cc1)C(=O)NCC(=O)N[C@@H](CCC(=O)O)C(=O)N[C@@H](CCC(=O)O)C(=O)N[C@@H](CCC(=O)O)C(=O)NCC(=O)N[C@@H](CCCCNC(=O)Cc1ccc(O)c([N+](=O)[O-])c1)C(=O)O. The summed E-state index contributed by atoms with van der Waals surface area (Å²) < 4.78 is 0. The molecule has 0 aliphatic carbocycles. The van der Waals surface area contributed by atoms with Crippen molar-refractivity contribution in [1.29, 1.82) is 0 Å². The van der Waals surface area contributed by atoms with Crippen LogP contribution >= 0.6 is 0 Å². The lowest BCUT2D eigenvalue weighted by Gasteiger charge is -2.27. The topological polar surface area (TPSA) is 582 Å². The molecule has 8 atom stereocenters. The molecule has 0 bridgehead atoms. The van der Waals surface area contributed by atoms with Crippen LogP contribution in [0.4, 0.5) is 5.69 Å². The number of nitrogens with zero attached hydrogens (tertiary/aromatic N) is 1. The van der Waals surface area contributed by atoms with Crippen LogP contribution in [0.15, 0.2) is 103 Å². The van der Waals surface area contributed by atoms with Gasteiger partial charge in [-0.1, -0.05) is 221 Å². The fourth-order valence-electron chi connectivity index (χ4n) is 14.5. The third-order valence-electron chi connectivity index (χ3n) is 21.9. The first kappa shape index (κ1) is 111. The van der Waals surface area contributed by atoms with Gasteiger partial charge in [0.15, 0.2) is 5.75 Å². The quantitative estimate of drug-likeness (QED) is 0.0113. The molecule has 12 amide bonds. The van der Waals surface area contributed by atoms with Crippen molar-refractivity contribution < 1.29 is 112 Å². The van der Waals surface area contributed by atoms with Crippen molar-refractivity contribution >= 4 is 100 Å². The second kappa shape index (κ2) is 65.0. The lowest BCUT2D eigenvalue weighted by Crippen LogP contribution is -2.60. The Balaban J connectivity index is 1.52. The molecule has 0 aliphatic heterocycles. The van der Waals surface area contributed by atoms with Crippen LogP contribution in [0.1, 0.15) is 267 Å². The molecule has 37 heteroatoms. The first-order valence-corrected chi connectivity index (χ1v) is 46.0. The molecule has 4 aromatic carbocycles. The minimum Gasteiger partial charge on any atom is -0.508 e. The van der Waals surface area contributed by atoms with E-state index in [0.29, 0.717) is 48.9 Å². The Hall–Kier alpha value is -12.6. The summed E-state index contributed by atoms with van der Waals surface area (Å²) in [5.74, 6) is -17.3. The molecular formula is C94H137N13O24. The van der Waals surface area contributed by atoms with Gasteiger partial charge < -0.3 is 94.4 Å². The van der Waals surface area contributed by atoms with Gasteiger partial charge in [0.25, 0.3) is 0 Å². The molecule has 0 saturated carbocycles. The normalized spacial score (nSPS) is 12.8. The summed E-state index contributed by atoms with van der Waals surface area (Å²) in [7, 11) is 0. The summed E-state index contributed by atoms with van der Waals surface area (Å²) in [6.45, 7) is 2.81. The molecule has 0 unspecified atom stereocenters. The monoisotopic (exact) mass is 1830 g/mol. The van der Waals surface area contributed by atoms with E-state index in [1.54, 1.807) is 60.7 Å². The highest BCUT2D eigenvalue weighted by atomic mass is 16.6. The molecule has 0 radical (unpaired) electrons. The van der Waals surface area contributed by atoms with Crippen molar-refractivity contribution in [1.82, 2.24) is 63.8 Å². The molecule has 4 rings (SSSR count). The van der Waals surface area contributed by atoms with Crippen LogP contribution in [0, 0.1) is 10.1 Å². The Morgan fingerprint density at radius 3 is 1.04 bits per heavy atom. The highest BCUT2D eigenvalue weighted by Crippen LogP contribution is 2.27. The van der Waals surface area contributed by atoms with Crippen LogP contribution in [-0.2, 0) is 102 Å². The van der Waals surface area contributed by atoms with Gasteiger partial charge in [0, 0.05) is 70.5 Å². The number of phenols is 2. The van der Waals surface area contributed by atoms with E-state index in [2.05, 4.69) is 77.6 Å². The van der Waals surface area contributed by atoms with Crippen LogP contribution in [0.3, 0.4) is 0 Å². The number of nitro benzene ring substituents is 1. The molecule has 131 heavy (non-hydrogen) atoms. The first-order valence-electron chi connectivity index (χ1n) is 46.0. The van der Waals surface area contributed by atoms with Gasteiger partial charge in [-0.15, -0.1) is 0 Å². The van der Waals surface area contributed by atoms with E-state index in [-0.39, 0.29) is 87.5 Å². The Bertz CT molecular complexity index is 4260. The van der Waals surface area contributed by atoms with E-state index >= 15 is 9.59 Å². The number of nitro groups is 1. The van der Waals surface area contributed by atoms with Crippen molar-refractivity contribution in [3.05, 3.63) is 135 Å². The van der Waals surface area contributed by atoms with Crippen molar-refractivity contribution in [3.63, 3.8) is 0 Å². The third kappa shape index (κ3) is 49.7. The zero-order valence-electron chi connectivity index (χ0n) is 75.5. The lowest BCUT2D eigenvalue weighted by atomic mass is 10.0. The van der Waals surface area contributed by atoms with Gasteiger partial charge in [0.2, 0.25) is 70.9 Å². The molecule has 0 aromatic heterocycles. The van der Waals surface area contributed by atoms with Crippen molar-refractivity contribution in [2.45, 2.75) is 319 Å². The number of hydrogen-bond donors (Lipinski definition) is 18. The number of aliphatic carboxylic acids is 4. The van der Waals surface area contributed by atoms with Gasteiger partial charge in [-0.05, 0) is 111 Å². The minimum absolute atomic E-state index is 0.0232. The maximum Gasteiger partial charge on any atom is 0.326 e. The van der Waals surface area contributed by atoms with Gasteiger partial charge >= 0.3 is 29.6 Å². The number of amides is 12. The highest BCUT2D eigenvalue weighted by molar-refractivity contribution is 5.99. The fraction of sp³-hybridized carbons (Fsp3) is 0.574. The Morgan fingerprint density at radius 2 is 0.626 bits per heavy atom. The Morgan fingerprint density at radius 1 is 0.305 bits per heavy atom. The molecule has 0 heterocycles. The zero-order chi connectivity index (χ0) is 96.1. The number of carboxylic acids is 4. The number of carboxylic acid groups (broad SMARTS) is 4. The van der Waals surface area contributed by atoms with Crippen molar-refractivity contribution in [2.75, 3.05) is 26.2 Å². The van der Waals surface area contributed by atoms with Crippen LogP contribution in [-0.4, -0.2) is 205 Å². The van der Waals surface area contributed by atoms with Gasteiger partial charge in [-0.2, -0.15) is 0 Å². The summed E-state index contributed by atoms with van der Waals surface area (Å²) in [4.78, 5) is 226. The zero-order valence-corrected chi connectivity index (χ0v) is 75.5. The smallest absolute Gasteiger partial charge is 0.326 e. The number of rotatable bonds is 72. The number of benzene rings is 4. The van der Waals surface area contributed by atoms with Gasteiger partial charge in [-0.25, -0.2) is 4.79 Å². The average Bonchev–Trinajstić information content (AvgIpc) is 0.848. The lowest BCUT2D eigenvalue weighted by molar-refractivity contribution is -0.385. The van der Waals surface area contributed by atoms with E-state index in [9.17, 15) is 108 Å². The molecule has 0 aliphatic rings. The first-order chi connectivity index (χ1) is 62.8. The predicted octanol–water partition coefficient (Wildman–Crippen LogP) is 8.04. The van der Waals surface area contributed by atoms with Crippen LogP contribution in [0.25, 0.3) is 0 Å². The van der Waals surface area contributed by atoms with E-state index in [0.717, 1.165) is 69.9 Å². The largest absolute Gasteiger partial charge is 0.508 e. The molecule has 0 spiro atoms. The molecule has 18 N–H and O–H groups in total. The highest BCUT2D eigenvalue weighted by Gasteiger charge is 2.35. The Labute approximate surface area is 765 Å². The summed E-state index contributed by atoms with van der Waals surface area (Å²) in [5, 5.41) is 100. The summed E-state index contributed by atoms with van der Waals surface area (Å²) in [5.41, 5.74) is 1.12. The number of phenolic OH excluding ortho intramolecular Hbond substituents is 2. The summed E-state index contributed by atoms with van der Waals surface area (Å²) in [6.07, 6.45) is 20.5. The number of carbonyl (C=O) groups is 16. The number of hydrogen-bond acceptors (Lipinski definition) is 20. The molecular weight excluding hydrogens is 1700 g/mol. The molecule has 37 nitrogen and oxygen atoms in total. The van der Waals surface area contributed by atoms with E-state index < -0.39 is 199 Å². The number of nitrogens with one attached hydrogen (secondary N) is 12. The predicted molar refractivity (Wildman–Crippen MR) is 486 cm³/mol.